The summed E-state index contributed by atoms with van der Waals surface area (Å²) in [6, 6.07) is 6.18. The van der Waals surface area contributed by atoms with Gasteiger partial charge in [-0.3, -0.25) is 0 Å². The van der Waals surface area contributed by atoms with Crippen molar-refractivity contribution in [1.29, 1.82) is 0 Å². The lowest BCUT2D eigenvalue weighted by atomic mass is 10.1. The lowest BCUT2D eigenvalue weighted by molar-refractivity contribution is 0.385. The number of methoxy groups -OCH3 is 1. The summed E-state index contributed by atoms with van der Waals surface area (Å²) in [7, 11) is 1.36. The van der Waals surface area contributed by atoms with E-state index in [9.17, 15) is 13.2 Å². The predicted octanol–water partition coefficient (Wildman–Crippen LogP) is 5.05. The minimum absolute atomic E-state index is 0.0814. The molecule has 0 saturated carbocycles. The zero-order valence-electron chi connectivity index (χ0n) is 11.4. The van der Waals surface area contributed by atoms with Gasteiger partial charge in [0, 0.05) is 10.5 Å². The van der Waals surface area contributed by atoms with Gasteiger partial charge < -0.3 is 10.1 Å². The van der Waals surface area contributed by atoms with E-state index < -0.39 is 23.5 Å². The minimum Gasteiger partial charge on any atom is -0.494 e. The summed E-state index contributed by atoms with van der Waals surface area (Å²) in [4.78, 5) is 0. The average Bonchev–Trinajstić information content (AvgIpc) is 2.43. The van der Waals surface area contributed by atoms with Gasteiger partial charge in [0.05, 0.1) is 7.11 Å². The minimum atomic E-state index is -0.706. The molecule has 0 heterocycles. The molecular formula is C15H13BrF3NO. The largest absolute Gasteiger partial charge is 0.494 e. The molecule has 21 heavy (non-hydrogen) atoms. The van der Waals surface area contributed by atoms with Crippen LogP contribution in [0.5, 0.6) is 5.75 Å². The number of ether oxygens (including phenoxy) is 1. The fraction of sp³-hybridized carbons (Fsp3) is 0.200. The molecule has 1 unspecified atom stereocenters. The van der Waals surface area contributed by atoms with Crippen molar-refractivity contribution in [2.45, 2.75) is 13.0 Å². The number of hydrogen-bond acceptors (Lipinski definition) is 2. The first-order valence-corrected chi connectivity index (χ1v) is 6.96. The number of hydrogen-bond donors (Lipinski definition) is 1. The zero-order valence-corrected chi connectivity index (χ0v) is 13.0. The number of nitrogens with one attached hydrogen (secondary N) is 1. The Morgan fingerprint density at radius 2 is 1.67 bits per heavy atom. The monoisotopic (exact) mass is 359 g/mol. The first-order valence-electron chi connectivity index (χ1n) is 6.17. The summed E-state index contributed by atoms with van der Waals surface area (Å²) in [5.74, 6) is -1.82. The van der Waals surface area contributed by atoms with Gasteiger partial charge in [-0.25, -0.2) is 13.2 Å². The van der Waals surface area contributed by atoms with Gasteiger partial charge in [0.1, 0.15) is 17.3 Å². The van der Waals surface area contributed by atoms with E-state index in [-0.39, 0.29) is 11.4 Å². The highest BCUT2D eigenvalue weighted by Crippen LogP contribution is 2.29. The van der Waals surface area contributed by atoms with Gasteiger partial charge in [0.15, 0.2) is 11.6 Å². The fourth-order valence-corrected chi connectivity index (χ4v) is 2.33. The van der Waals surface area contributed by atoms with Crippen LogP contribution in [0.3, 0.4) is 0 Å². The maximum absolute atomic E-state index is 13.8. The molecule has 2 aromatic rings. The summed E-state index contributed by atoms with van der Waals surface area (Å²) in [6.07, 6.45) is 0. The van der Waals surface area contributed by atoms with Gasteiger partial charge >= 0.3 is 0 Å². The maximum atomic E-state index is 13.8. The molecule has 0 aliphatic rings. The Morgan fingerprint density at radius 1 is 1.05 bits per heavy atom. The Morgan fingerprint density at radius 3 is 2.24 bits per heavy atom. The highest BCUT2D eigenvalue weighted by Gasteiger charge is 2.15. The molecule has 0 aliphatic heterocycles. The molecule has 0 saturated heterocycles. The predicted molar refractivity (Wildman–Crippen MR) is 79.0 cm³/mol. The van der Waals surface area contributed by atoms with Crippen LogP contribution < -0.4 is 10.1 Å². The summed E-state index contributed by atoms with van der Waals surface area (Å²) in [5, 5.41) is 2.74. The SMILES string of the molecule is COc1cc(C(C)Nc2c(F)cc(Br)cc2F)ccc1F. The van der Waals surface area contributed by atoms with Crippen molar-refractivity contribution in [2.24, 2.45) is 0 Å². The van der Waals surface area contributed by atoms with Crippen LogP contribution in [0.2, 0.25) is 0 Å². The first-order chi connectivity index (χ1) is 9.92. The first kappa shape index (κ1) is 15.7. The van der Waals surface area contributed by atoms with Crippen molar-refractivity contribution in [1.82, 2.24) is 0 Å². The smallest absolute Gasteiger partial charge is 0.165 e. The third-order valence-corrected chi connectivity index (χ3v) is 3.50. The van der Waals surface area contributed by atoms with E-state index in [1.807, 2.05) is 0 Å². The third kappa shape index (κ3) is 3.50. The van der Waals surface area contributed by atoms with Crippen LogP contribution in [0, 0.1) is 17.5 Å². The van der Waals surface area contributed by atoms with E-state index in [4.69, 9.17) is 4.74 Å². The molecule has 0 aromatic heterocycles. The maximum Gasteiger partial charge on any atom is 0.165 e. The second kappa shape index (κ2) is 6.39. The van der Waals surface area contributed by atoms with E-state index in [0.29, 0.717) is 10.0 Å². The summed E-state index contributed by atoms with van der Waals surface area (Å²) >= 11 is 3.02. The molecule has 0 aliphatic carbocycles. The Bertz CT molecular complexity index is 640. The molecule has 2 aromatic carbocycles. The van der Waals surface area contributed by atoms with Gasteiger partial charge in [-0.2, -0.15) is 0 Å². The van der Waals surface area contributed by atoms with Gasteiger partial charge in [0.25, 0.3) is 0 Å². The second-order valence-corrected chi connectivity index (χ2v) is 5.42. The number of anilines is 1. The second-order valence-electron chi connectivity index (χ2n) is 4.50. The van der Waals surface area contributed by atoms with E-state index in [0.717, 1.165) is 0 Å². The Labute approximate surface area is 129 Å². The summed E-state index contributed by atoms with van der Waals surface area (Å²) in [6.45, 7) is 1.72. The quantitative estimate of drug-likeness (QED) is 0.824. The molecule has 0 amide bonds. The van der Waals surface area contributed by atoms with E-state index in [2.05, 4.69) is 21.2 Å². The lowest BCUT2D eigenvalue weighted by Gasteiger charge is -2.18. The topological polar surface area (TPSA) is 21.3 Å². The Balaban J connectivity index is 2.28. The normalized spacial score (nSPS) is 12.1. The summed E-state index contributed by atoms with van der Waals surface area (Å²) in [5.41, 5.74) is 0.420. The van der Waals surface area contributed by atoms with Crippen LogP contribution >= 0.6 is 15.9 Å². The lowest BCUT2D eigenvalue weighted by Crippen LogP contribution is -2.10. The molecule has 0 spiro atoms. The van der Waals surface area contributed by atoms with Crippen LogP contribution in [-0.2, 0) is 0 Å². The number of halogens is 4. The molecule has 0 fully saturated rings. The zero-order chi connectivity index (χ0) is 15.6. The van der Waals surface area contributed by atoms with E-state index in [1.54, 1.807) is 6.92 Å². The molecular weight excluding hydrogens is 347 g/mol. The highest BCUT2D eigenvalue weighted by atomic mass is 79.9. The van der Waals surface area contributed by atoms with Crippen LogP contribution in [0.25, 0.3) is 0 Å². The van der Waals surface area contributed by atoms with Crippen LogP contribution in [0.1, 0.15) is 18.5 Å². The van der Waals surface area contributed by atoms with Gasteiger partial charge in [0.2, 0.25) is 0 Å². The highest BCUT2D eigenvalue weighted by molar-refractivity contribution is 9.10. The van der Waals surface area contributed by atoms with Crippen LogP contribution in [0.15, 0.2) is 34.8 Å². The fourth-order valence-electron chi connectivity index (χ4n) is 1.93. The summed E-state index contributed by atoms with van der Waals surface area (Å²) < 4.78 is 46.1. The molecule has 0 bridgehead atoms. The van der Waals surface area contributed by atoms with Crippen molar-refractivity contribution in [3.05, 3.63) is 57.8 Å². The van der Waals surface area contributed by atoms with E-state index in [1.165, 1.54) is 37.4 Å². The third-order valence-electron chi connectivity index (χ3n) is 3.04. The van der Waals surface area contributed by atoms with Crippen molar-refractivity contribution in [3.63, 3.8) is 0 Å². The van der Waals surface area contributed by atoms with Gasteiger partial charge in [-0.1, -0.05) is 22.0 Å². The van der Waals surface area contributed by atoms with Crippen molar-refractivity contribution in [2.75, 3.05) is 12.4 Å². The van der Waals surface area contributed by atoms with Crippen molar-refractivity contribution >= 4 is 21.6 Å². The molecule has 6 heteroatoms. The van der Waals surface area contributed by atoms with Crippen molar-refractivity contribution < 1.29 is 17.9 Å². The van der Waals surface area contributed by atoms with Crippen molar-refractivity contribution in [3.8, 4) is 5.75 Å². The molecule has 1 N–H and O–H groups in total. The van der Waals surface area contributed by atoms with Gasteiger partial charge in [-0.15, -0.1) is 0 Å². The van der Waals surface area contributed by atoms with Crippen LogP contribution in [0.4, 0.5) is 18.9 Å². The molecule has 1 atom stereocenters. The molecule has 112 valence electrons. The molecule has 0 radical (unpaired) electrons. The number of benzene rings is 2. The van der Waals surface area contributed by atoms with Gasteiger partial charge in [-0.05, 0) is 36.8 Å². The molecule has 2 rings (SSSR count). The number of rotatable bonds is 4. The van der Waals surface area contributed by atoms with Crippen LogP contribution in [-0.4, -0.2) is 7.11 Å². The Kier molecular flexibility index (Phi) is 4.77. The average molecular weight is 360 g/mol. The standard InChI is InChI=1S/C15H13BrF3NO/c1-8(9-3-4-11(17)14(5-9)21-2)20-15-12(18)6-10(16)7-13(15)19/h3-8,20H,1-2H3. The molecule has 2 nitrogen and oxygen atoms in total. The van der Waals surface area contributed by atoms with E-state index >= 15 is 0 Å². The Hall–Kier alpha value is -1.69.